The fourth-order valence-electron chi connectivity index (χ4n) is 2.35. The van der Waals surface area contributed by atoms with E-state index in [1.54, 1.807) is 0 Å². The summed E-state index contributed by atoms with van der Waals surface area (Å²) >= 11 is 8.23. The summed E-state index contributed by atoms with van der Waals surface area (Å²) in [4.78, 5) is 0. The number of benzene rings is 2. The summed E-state index contributed by atoms with van der Waals surface area (Å²) in [6.07, 6.45) is 0.941. The summed E-state index contributed by atoms with van der Waals surface area (Å²) in [7, 11) is 0. The molecule has 0 aromatic heterocycles. The Bertz CT molecular complexity index is 585. The first-order valence-corrected chi connectivity index (χ1v) is 8.71. The molecule has 2 N–H and O–H groups in total. The lowest BCUT2D eigenvalue weighted by molar-refractivity contribution is 0.634. The highest BCUT2D eigenvalue weighted by Crippen LogP contribution is 2.38. The molecule has 0 saturated heterocycles. The van der Waals surface area contributed by atoms with E-state index >= 15 is 0 Å². The minimum absolute atomic E-state index is 0.111. The number of hydrogen-bond donors (Lipinski definition) is 1. The zero-order valence-electron chi connectivity index (χ0n) is 12.6. The van der Waals surface area contributed by atoms with Crippen molar-refractivity contribution in [1.29, 1.82) is 0 Å². The van der Waals surface area contributed by atoms with Gasteiger partial charge in [-0.1, -0.05) is 66.6 Å². The van der Waals surface area contributed by atoms with Crippen LogP contribution in [-0.4, -0.2) is 6.04 Å². The van der Waals surface area contributed by atoms with Crippen molar-refractivity contribution in [2.45, 2.75) is 37.3 Å². The Morgan fingerprint density at radius 2 is 1.90 bits per heavy atom. The van der Waals surface area contributed by atoms with E-state index in [4.69, 9.17) is 17.3 Å². The van der Waals surface area contributed by atoms with Crippen LogP contribution in [0.2, 0.25) is 5.02 Å². The molecule has 0 aliphatic carbocycles. The fraction of sp³-hybridized carbons (Fsp3) is 0.333. The van der Waals surface area contributed by atoms with E-state index in [9.17, 15) is 0 Å². The van der Waals surface area contributed by atoms with Crippen LogP contribution in [0.1, 0.15) is 35.3 Å². The summed E-state index contributed by atoms with van der Waals surface area (Å²) in [5.41, 5.74) is 10.1. The lowest BCUT2D eigenvalue weighted by Gasteiger charge is -2.24. The molecule has 2 atom stereocenters. The van der Waals surface area contributed by atoms with Crippen LogP contribution in [-0.2, 0) is 5.75 Å². The third-order valence-corrected chi connectivity index (χ3v) is 5.39. The summed E-state index contributed by atoms with van der Waals surface area (Å²) < 4.78 is 0. The second-order valence-electron chi connectivity index (χ2n) is 5.31. The second kappa shape index (κ2) is 7.88. The van der Waals surface area contributed by atoms with Gasteiger partial charge in [0.15, 0.2) is 0 Å². The number of aryl methyl sites for hydroxylation is 1. The Morgan fingerprint density at radius 3 is 2.57 bits per heavy atom. The van der Waals surface area contributed by atoms with Crippen molar-refractivity contribution in [3.8, 4) is 0 Å². The number of nitrogens with two attached hydrogens (primary N) is 1. The van der Waals surface area contributed by atoms with E-state index in [0.717, 1.165) is 22.8 Å². The Morgan fingerprint density at radius 1 is 1.14 bits per heavy atom. The van der Waals surface area contributed by atoms with E-state index in [-0.39, 0.29) is 11.3 Å². The monoisotopic (exact) mass is 319 g/mol. The minimum atomic E-state index is 0.111. The molecular weight excluding hydrogens is 298 g/mol. The van der Waals surface area contributed by atoms with Gasteiger partial charge in [0.1, 0.15) is 0 Å². The zero-order valence-corrected chi connectivity index (χ0v) is 14.1. The molecule has 2 aromatic rings. The average Bonchev–Trinajstić information content (AvgIpc) is 2.49. The molecule has 21 heavy (non-hydrogen) atoms. The van der Waals surface area contributed by atoms with Crippen LogP contribution < -0.4 is 5.73 Å². The molecule has 2 unspecified atom stereocenters. The normalized spacial score (nSPS) is 13.9. The van der Waals surface area contributed by atoms with Gasteiger partial charge in [-0.15, -0.1) is 11.8 Å². The Labute approximate surface area is 136 Å². The van der Waals surface area contributed by atoms with Crippen LogP contribution in [0.25, 0.3) is 0 Å². The first kappa shape index (κ1) is 16.4. The van der Waals surface area contributed by atoms with Crippen molar-refractivity contribution in [3.63, 3.8) is 0 Å². The molecule has 0 amide bonds. The van der Waals surface area contributed by atoms with Crippen LogP contribution in [0.3, 0.4) is 0 Å². The lowest BCUT2D eigenvalue weighted by Crippen LogP contribution is -2.26. The van der Waals surface area contributed by atoms with E-state index < -0.39 is 0 Å². The molecule has 0 saturated carbocycles. The maximum Gasteiger partial charge on any atom is 0.0466 e. The highest BCUT2D eigenvalue weighted by molar-refractivity contribution is 7.98. The molecule has 2 aromatic carbocycles. The van der Waals surface area contributed by atoms with Gasteiger partial charge in [-0.25, -0.2) is 0 Å². The summed E-state index contributed by atoms with van der Waals surface area (Å²) in [6, 6.07) is 16.8. The third-order valence-electron chi connectivity index (χ3n) is 3.58. The number of rotatable bonds is 6. The molecule has 0 radical (unpaired) electrons. The van der Waals surface area contributed by atoms with Crippen molar-refractivity contribution in [2.24, 2.45) is 5.73 Å². The van der Waals surface area contributed by atoms with E-state index in [0.29, 0.717) is 0 Å². The van der Waals surface area contributed by atoms with E-state index in [1.807, 2.05) is 30.0 Å². The Balaban J connectivity index is 2.16. The Hall–Kier alpha value is -0.960. The molecule has 2 rings (SSSR count). The maximum absolute atomic E-state index is 6.36. The standard InChI is InChI=1S/C18H22ClNS/c1-3-17(20)18(15-9-4-5-10-16(15)19)21-12-14-8-6-7-13(2)11-14/h4-11,17-18H,3,12,20H2,1-2H3. The van der Waals surface area contributed by atoms with Crippen LogP contribution >= 0.6 is 23.4 Å². The molecule has 3 heteroatoms. The van der Waals surface area contributed by atoms with Crippen molar-refractivity contribution in [2.75, 3.05) is 0 Å². The first-order valence-electron chi connectivity index (χ1n) is 7.29. The SMILES string of the molecule is CCC(N)C(SCc1cccc(C)c1)c1ccccc1Cl. The summed E-state index contributed by atoms with van der Waals surface area (Å²) in [5, 5.41) is 1.03. The number of halogens is 1. The molecule has 1 nitrogen and oxygen atoms in total. The summed E-state index contributed by atoms with van der Waals surface area (Å²) in [5.74, 6) is 0.950. The zero-order chi connectivity index (χ0) is 15.2. The van der Waals surface area contributed by atoms with Gasteiger partial charge in [0, 0.05) is 22.1 Å². The largest absolute Gasteiger partial charge is 0.326 e. The van der Waals surface area contributed by atoms with Crippen LogP contribution in [0.4, 0.5) is 0 Å². The smallest absolute Gasteiger partial charge is 0.0466 e. The third kappa shape index (κ3) is 4.50. The second-order valence-corrected chi connectivity index (χ2v) is 6.85. The molecular formula is C18H22ClNS. The minimum Gasteiger partial charge on any atom is -0.326 e. The Kier molecular flexibility index (Phi) is 6.16. The van der Waals surface area contributed by atoms with Gasteiger partial charge in [0.2, 0.25) is 0 Å². The first-order chi connectivity index (χ1) is 10.1. The van der Waals surface area contributed by atoms with E-state index in [2.05, 4.69) is 44.2 Å². The van der Waals surface area contributed by atoms with Gasteiger partial charge in [0.25, 0.3) is 0 Å². The van der Waals surface area contributed by atoms with Gasteiger partial charge in [-0.3, -0.25) is 0 Å². The average molecular weight is 320 g/mol. The van der Waals surface area contributed by atoms with Crippen molar-refractivity contribution in [1.82, 2.24) is 0 Å². The highest BCUT2D eigenvalue weighted by Gasteiger charge is 2.21. The van der Waals surface area contributed by atoms with E-state index in [1.165, 1.54) is 11.1 Å². The van der Waals surface area contributed by atoms with Gasteiger partial charge < -0.3 is 5.73 Å². The van der Waals surface area contributed by atoms with Crippen molar-refractivity contribution in [3.05, 3.63) is 70.2 Å². The maximum atomic E-state index is 6.36. The molecule has 0 aliphatic rings. The quantitative estimate of drug-likeness (QED) is 0.775. The number of hydrogen-bond acceptors (Lipinski definition) is 2. The topological polar surface area (TPSA) is 26.0 Å². The molecule has 0 aliphatic heterocycles. The molecule has 112 valence electrons. The highest BCUT2D eigenvalue weighted by atomic mass is 35.5. The lowest BCUT2D eigenvalue weighted by atomic mass is 10.0. The molecule has 0 heterocycles. The fourth-order valence-corrected chi connectivity index (χ4v) is 4.05. The molecule has 0 bridgehead atoms. The predicted octanol–water partition coefficient (Wildman–Crippen LogP) is 5.36. The predicted molar refractivity (Wildman–Crippen MR) is 94.9 cm³/mol. The van der Waals surface area contributed by atoms with Gasteiger partial charge in [0.05, 0.1) is 0 Å². The van der Waals surface area contributed by atoms with Gasteiger partial charge in [-0.2, -0.15) is 0 Å². The molecule has 0 spiro atoms. The van der Waals surface area contributed by atoms with Gasteiger partial charge >= 0.3 is 0 Å². The van der Waals surface area contributed by atoms with Crippen LogP contribution in [0.15, 0.2) is 48.5 Å². The van der Waals surface area contributed by atoms with Gasteiger partial charge in [-0.05, 0) is 30.5 Å². The molecule has 0 fully saturated rings. The van der Waals surface area contributed by atoms with Crippen molar-refractivity contribution >= 4 is 23.4 Å². The number of thioether (sulfide) groups is 1. The van der Waals surface area contributed by atoms with Crippen molar-refractivity contribution < 1.29 is 0 Å². The summed E-state index contributed by atoms with van der Waals surface area (Å²) in [6.45, 7) is 4.25. The van der Waals surface area contributed by atoms with Crippen LogP contribution in [0.5, 0.6) is 0 Å². The van der Waals surface area contributed by atoms with Crippen LogP contribution in [0, 0.1) is 6.92 Å².